The molecular formula is C5H12N2. The van der Waals surface area contributed by atoms with Gasteiger partial charge < -0.3 is 10.6 Å². The van der Waals surface area contributed by atoms with E-state index in [4.69, 9.17) is 0 Å². The van der Waals surface area contributed by atoms with Crippen molar-refractivity contribution in [1.29, 1.82) is 0 Å². The van der Waals surface area contributed by atoms with E-state index < -0.39 is 0 Å². The van der Waals surface area contributed by atoms with Crippen LogP contribution in [0.5, 0.6) is 0 Å². The predicted octanol–water partition coefficient (Wildman–Crippen LogP) is -1.30. The van der Waals surface area contributed by atoms with Crippen LogP contribution in [0.1, 0.15) is 6.42 Å². The first-order valence-corrected chi connectivity index (χ1v) is 2.77. The van der Waals surface area contributed by atoms with Crippen LogP contribution in [0.15, 0.2) is 0 Å². The minimum atomic E-state index is 0.750. The fourth-order valence-corrected chi connectivity index (χ4v) is 0.878. The number of hydrogen-bond donors (Lipinski definition) is 2. The minimum absolute atomic E-state index is 0.750. The Morgan fingerprint density at radius 1 is 1.71 bits per heavy atom. The first-order valence-electron chi connectivity index (χ1n) is 2.77. The van der Waals surface area contributed by atoms with Gasteiger partial charge in [-0.1, -0.05) is 0 Å². The van der Waals surface area contributed by atoms with Gasteiger partial charge in [-0.2, -0.15) is 7.05 Å². The Bertz CT molecular complexity index is 48.0. The highest BCUT2D eigenvalue weighted by Crippen LogP contribution is 1.89. The fraction of sp³-hybridized carbons (Fsp3) is 0.800. The first-order chi connectivity index (χ1) is 3.43. The molecule has 0 saturated carbocycles. The molecule has 0 unspecified atom stereocenters. The molecule has 0 aromatic heterocycles. The van der Waals surface area contributed by atoms with Gasteiger partial charge in [-0.25, -0.2) is 0 Å². The Kier molecular flexibility index (Phi) is 1.65. The summed E-state index contributed by atoms with van der Waals surface area (Å²) in [5.41, 5.74) is 0. The zero-order valence-corrected chi connectivity index (χ0v) is 4.48. The summed E-state index contributed by atoms with van der Waals surface area (Å²) in [5, 5.41) is 5.28. The number of hydrogen-bond acceptors (Lipinski definition) is 1. The number of quaternary nitrogens is 1. The lowest BCUT2D eigenvalue weighted by Gasteiger charge is -2.04. The monoisotopic (exact) mass is 100 g/mol. The van der Waals surface area contributed by atoms with Gasteiger partial charge in [-0.05, 0) is 0 Å². The van der Waals surface area contributed by atoms with E-state index in [1.165, 1.54) is 13.0 Å². The van der Waals surface area contributed by atoms with Crippen molar-refractivity contribution in [2.45, 2.75) is 12.5 Å². The van der Waals surface area contributed by atoms with Crippen LogP contribution < -0.4 is 10.6 Å². The zero-order valence-electron chi connectivity index (χ0n) is 4.48. The van der Waals surface area contributed by atoms with E-state index in [1.807, 2.05) is 5.32 Å². The van der Waals surface area contributed by atoms with Crippen molar-refractivity contribution < 1.29 is 5.32 Å². The molecule has 7 heavy (non-hydrogen) atoms. The molecule has 1 aliphatic heterocycles. The fourth-order valence-electron chi connectivity index (χ4n) is 0.878. The molecule has 1 heterocycles. The van der Waals surface area contributed by atoms with E-state index in [1.54, 1.807) is 0 Å². The van der Waals surface area contributed by atoms with Crippen LogP contribution in [-0.4, -0.2) is 19.1 Å². The molecule has 3 N–H and O–H groups in total. The molecule has 0 aliphatic carbocycles. The van der Waals surface area contributed by atoms with Gasteiger partial charge in [0.15, 0.2) is 0 Å². The summed E-state index contributed by atoms with van der Waals surface area (Å²) in [6.07, 6.45) is 1.28. The number of rotatable bonds is 1. The second kappa shape index (κ2) is 2.28. The highest BCUT2D eigenvalue weighted by molar-refractivity contribution is 4.67. The van der Waals surface area contributed by atoms with Crippen molar-refractivity contribution in [3.8, 4) is 0 Å². The van der Waals surface area contributed by atoms with Crippen molar-refractivity contribution in [3.63, 3.8) is 0 Å². The SMILES string of the molecule is [CH2-][NH2+][C@H]1CCNC1. The predicted molar refractivity (Wildman–Crippen MR) is 28.6 cm³/mol. The molecule has 0 aromatic carbocycles. The average molecular weight is 100 g/mol. The van der Waals surface area contributed by atoms with Crippen LogP contribution in [0.25, 0.3) is 0 Å². The van der Waals surface area contributed by atoms with Crippen LogP contribution in [0.4, 0.5) is 0 Å². The van der Waals surface area contributed by atoms with Crippen molar-refractivity contribution in [3.05, 3.63) is 7.05 Å². The first kappa shape index (κ1) is 5.06. The Morgan fingerprint density at radius 3 is 2.86 bits per heavy atom. The highest BCUT2D eigenvalue weighted by atomic mass is 15.0. The van der Waals surface area contributed by atoms with E-state index in [2.05, 4.69) is 12.4 Å². The van der Waals surface area contributed by atoms with Crippen molar-refractivity contribution in [2.75, 3.05) is 13.1 Å². The molecule has 1 atom stereocenters. The van der Waals surface area contributed by atoms with Crippen molar-refractivity contribution >= 4 is 0 Å². The Labute approximate surface area is 44.3 Å². The molecule has 1 fully saturated rings. The van der Waals surface area contributed by atoms with Gasteiger partial charge in [0.25, 0.3) is 0 Å². The summed E-state index contributed by atoms with van der Waals surface area (Å²) in [6.45, 7) is 2.32. The second-order valence-corrected chi connectivity index (χ2v) is 1.99. The van der Waals surface area contributed by atoms with Crippen LogP contribution in [0, 0.1) is 7.05 Å². The van der Waals surface area contributed by atoms with E-state index in [0.717, 1.165) is 12.6 Å². The van der Waals surface area contributed by atoms with Gasteiger partial charge in [0.05, 0.1) is 6.04 Å². The minimum Gasteiger partial charge on any atom is -0.475 e. The third-order valence-electron chi connectivity index (χ3n) is 1.43. The summed E-state index contributed by atoms with van der Waals surface area (Å²) < 4.78 is 0. The summed E-state index contributed by atoms with van der Waals surface area (Å²) in [7, 11) is 3.70. The van der Waals surface area contributed by atoms with Crippen LogP contribution >= 0.6 is 0 Å². The molecule has 2 nitrogen and oxygen atoms in total. The molecular weight excluding hydrogens is 88.1 g/mol. The molecule has 42 valence electrons. The zero-order chi connectivity index (χ0) is 5.11. The van der Waals surface area contributed by atoms with Crippen molar-refractivity contribution in [2.24, 2.45) is 0 Å². The standard InChI is InChI=1S/C5H12N2/c1-6-5-2-3-7-4-5/h5,7H,1-4,6H2/t5-/m0/s1. The van der Waals surface area contributed by atoms with Crippen molar-refractivity contribution in [1.82, 2.24) is 5.32 Å². The molecule has 1 saturated heterocycles. The van der Waals surface area contributed by atoms with Crippen LogP contribution in [-0.2, 0) is 0 Å². The molecule has 0 aromatic rings. The molecule has 0 amide bonds. The van der Waals surface area contributed by atoms with Crippen LogP contribution in [0.2, 0.25) is 0 Å². The summed E-state index contributed by atoms with van der Waals surface area (Å²) in [5.74, 6) is 0. The van der Waals surface area contributed by atoms with E-state index in [0.29, 0.717) is 0 Å². The Hall–Kier alpha value is -0.0800. The summed E-state index contributed by atoms with van der Waals surface area (Å²) in [4.78, 5) is 0. The van der Waals surface area contributed by atoms with Crippen LogP contribution in [0.3, 0.4) is 0 Å². The van der Waals surface area contributed by atoms with Gasteiger partial charge >= 0.3 is 0 Å². The van der Waals surface area contributed by atoms with Gasteiger partial charge in [-0.15, -0.1) is 0 Å². The maximum Gasteiger partial charge on any atom is 0.0759 e. The molecule has 1 aliphatic rings. The van der Waals surface area contributed by atoms with Gasteiger partial charge in [0, 0.05) is 19.5 Å². The second-order valence-electron chi connectivity index (χ2n) is 1.99. The maximum absolute atomic E-state index is 3.70. The lowest BCUT2D eigenvalue weighted by molar-refractivity contribution is -0.629. The molecule has 0 radical (unpaired) electrons. The average Bonchev–Trinajstić information content (AvgIpc) is 2.14. The molecule has 1 rings (SSSR count). The lowest BCUT2D eigenvalue weighted by Crippen LogP contribution is -2.84. The highest BCUT2D eigenvalue weighted by Gasteiger charge is 2.11. The summed E-state index contributed by atoms with van der Waals surface area (Å²) >= 11 is 0. The maximum atomic E-state index is 3.70. The van der Waals surface area contributed by atoms with E-state index in [-0.39, 0.29) is 0 Å². The summed E-state index contributed by atoms with van der Waals surface area (Å²) in [6, 6.07) is 0.750. The number of nitrogens with two attached hydrogens (primary N) is 1. The third-order valence-corrected chi connectivity index (χ3v) is 1.43. The normalized spacial score (nSPS) is 31.3. The Balaban J connectivity index is 2.14. The van der Waals surface area contributed by atoms with E-state index in [9.17, 15) is 0 Å². The van der Waals surface area contributed by atoms with Gasteiger partial charge in [0.2, 0.25) is 0 Å². The quantitative estimate of drug-likeness (QED) is 0.394. The molecule has 0 spiro atoms. The van der Waals surface area contributed by atoms with Gasteiger partial charge in [-0.3, -0.25) is 0 Å². The molecule has 2 heteroatoms. The van der Waals surface area contributed by atoms with Gasteiger partial charge in [0.1, 0.15) is 0 Å². The lowest BCUT2D eigenvalue weighted by atomic mass is 10.3. The molecule has 0 bridgehead atoms. The smallest absolute Gasteiger partial charge is 0.0759 e. The van der Waals surface area contributed by atoms with E-state index >= 15 is 0 Å². The Morgan fingerprint density at radius 2 is 2.57 bits per heavy atom. The largest absolute Gasteiger partial charge is 0.475 e. The topological polar surface area (TPSA) is 28.6 Å². The third kappa shape index (κ3) is 1.14. The number of nitrogens with one attached hydrogen (secondary N) is 1.